The van der Waals surface area contributed by atoms with Gasteiger partial charge in [-0.15, -0.1) is 0 Å². The van der Waals surface area contributed by atoms with E-state index in [1.54, 1.807) is 13.0 Å². The molecule has 0 radical (unpaired) electrons. The number of piperidine rings is 1. The smallest absolute Gasteiger partial charge is 0.252 e. The first-order valence-electron chi connectivity index (χ1n) is 10.7. The van der Waals surface area contributed by atoms with E-state index in [1.165, 1.54) is 4.68 Å². The predicted octanol–water partition coefficient (Wildman–Crippen LogP) is 2.91. The van der Waals surface area contributed by atoms with Gasteiger partial charge in [-0.3, -0.25) is 4.79 Å². The molecule has 1 saturated heterocycles. The summed E-state index contributed by atoms with van der Waals surface area (Å²) in [5, 5.41) is 7.22. The van der Waals surface area contributed by atoms with Gasteiger partial charge < -0.3 is 5.32 Å². The molecule has 0 atom stereocenters. The topological polar surface area (TPSA) is 110 Å². The molecule has 12 heteroatoms. The van der Waals surface area contributed by atoms with Crippen LogP contribution in [0.2, 0.25) is 0 Å². The van der Waals surface area contributed by atoms with Gasteiger partial charge in [-0.05, 0) is 57.9 Å². The van der Waals surface area contributed by atoms with Crippen molar-refractivity contribution >= 4 is 21.7 Å². The number of aromatic nitrogens is 4. The van der Waals surface area contributed by atoms with E-state index in [9.17, 15) is 22.0 Å². The molecule has 2 aromatic heterocycles. The normalized spacial score (nSPS) is 15.4. The second-order valence-electron chi connectivity index (χ2n) is 8.28. The van der Waals surface area contributed by atoms with Crippen molar-refractivity contribution in [3.05, 3.63) is 59.0 Å². The molecule has 9 nitrogen and oxygen atoms in total. The molecular weight excluding hydrogens is 466 g/mol. The summed E-state index contributed by atoms with van der Waals surface area (Å²) in [6, 6.07) is 5.84. The standard InChI is InChI=1S/C22H24F2N6O3S/c1-13-10-14(2)26-22(25-13)30-20(11-15(3)28-30)27-21(31)16-6-8-29(9-7-16)34(32,33)19-12-17(23)4-5-18(19)24/h4-5,10-12,16H,6-9H2,1-3H3,(H,27,31). The third kappa shape index (κ3) is 4.82. The van der Waals surface area contributed by atoms with Gasteiger partial charge in [0.2, 0.25) is 15.9 Å². The minimum Gasteiger partial charge on any atom is -0.310 e. The number of aryl methyl sites for hydroxylation is 3. The summed E-state index contributed by atoms with van der Waals surface area (Å²) in [4.78, 5) is 21.0. The maximum absolute atomic E-state index is 14.0. The van der Waals surface area contributed by atoms with Crippen LogP contribution in [0.15, 0.2) is 35.2 Å². The highest BCUT2D eigenvalue weighted by Crippen LogP contribution is 2.27. The first kappa shape index (κ1) is 23.9. The van der Waals surface area contributed by atoms with Crippen LogP contribution in [0.3, 0.4) is 0 Å². The summed E-state index contributed by atoms with van der Waals surface area (Å²) in [6.45, 7) is 5.47. The van der Waals surface area contributed by atoms with E-state index in [-0.39, 0.29) is 31.8 Å². The minimum absolute atomic E-state index is 0.00878. The Labute approximate surface area is 195 Å². The predicted molar refractivity (Wildman–Crippen MR) is 120 cm³/mol. The Balaban J connectivity index is 1.46. The Hall–Kier alpha value is -3.25. The van der Waals surface area contributed by atoms with Crippen molar-refractivity contribution in [3.8, 4) is 5.95 Å². The Kier molecular flexibility index (Phi) is 6.45. The molecule has 1 aliphatic rings. The lowest BCUT2D eigenvalue weighted by Crippen LogP contribution is -2.41. The summed E-state index contributed by atoms with van der Waals surface area (Å²) < 4.78 is 55.6. The van der Waals surface area contributed by atoms with Crippen molar-refractivity contribution in [1.29, 1.82) is 0 Å². The Morgan fingerprint density at radius 1 is 1.00 bits per heavy atom. The molecule has 3 aromatic rings. The highest BCUT2D eigenvalue weighted by Gasteiger charge is 2.34. The highest BCUT2D eigenvalue weighted by atomic mass is 32.2. The maximum Gasteiger partial charge on any atom is 0.252 e. The van der Waals surface area contributed by atoms with E-state index in [2.05, 4.69) is 20.4 Å². The number of nitrogens with one attached hydrogen (secondary N) is 1. The summed E-state index contributed by atoms with van der Waals surface area (Å²) in [6.07, 6.45) is 0.463. The summed E-state index contributed by atoms with van der Waals surface area (Å²) >= 11 is 0. The van der Waals surface area contributed by atoms with Crippen LogP contribution in [0.4, 0.5) is 14.6 Å². The molecule has 1 fully saturated rings. The van der Waals surface area contributed by atoms with Crippen LogP contribution in [0.1, 0.15) is 29.9 Å². The lowest BCUT2D eigenvalue weighted by atomic mass is 9.97. The third-order valence-electron chi connectivity index (χ3n) is 5.58. The lowest BCUT2D eigenvalue weighted by Gasteiger charge is -2.30. The average Bonchev–Trinajstić information content (AvgIpc) is 3.14. The van der Waals surface area contributed by atoms with Gasteiger partial charge in [0.05, 0.1) is 5.69 Å². The molecule has 3 heterocycles. The van der Waals surface area contributed by atoms with Gasteiger partial charge in [0, 0.05) is 36.5 Å². The first-order valence-corrected chi connectivity index (χ1v) is 12.1. The molecule has 1 aromatic carbocycles. The number of nitrogens with zero attached hydrogens (tertiary/aromatic N) is 5. The van der Waals surface area contributed by atoms with Gasteiger partial charge in [0.15, 0.2) is 0 Å². The number of rotatable bonds is 5. The Morgan fingerprint density at radius 2 is 1.65 bits per heavy atom. The molecule has 0 saturated carbocycles. The Bertz CT molecular complexity index is 1330. The first-order chi connectivity index (χ1) is 16.0. The molecule has 180 valence electrons. The second kappa shape index (κ2) is 9.18. The van der Waals surface area contributed by atoms with Gasteiger partial charge in [-0.2, -0.15) is 14.1 Å². The number of halogens is 2. The minimum atomic E-state index is -4.21. The fourth-order valence-electron chi connectivity index (χ4n) is 3.94. The fourth-order valence-corrected chi connectivity index (χ4v) is 5.49. The SMILES string of the molecule is Cc1cc(C)nc(-n2nc(C)cc2NC(=O)C2CCN(S(=O)(=O)c3cc(F)ccc3F)CC2)n1. The molecule has 4 rings (SSSR count). The van der Waals surface area contributed by atoms with Crippen molar-refractivity contribution in [3.63, 3.8) is 0 Å². The lowest BCUT2D eigenvalue weighted by molar-refractivity contribution is -0.120. The van der Waals surface area contributed by atoms with E-state index in [0.717, 1.165) is 27.8 Å². The zero-order valence-corrected chi connectivity index (χ0v) is 19.7. The summed E-state index contributed by atoms with van der Waals surface area (Å²) in [7, 11) is -4.21. The van der Waals surface area contributed by atoms with Crippen molar-refractivity contribution < 1.29 is 22.0 Å². The van der Waals surface area contributed by atoms with E-state index < -0.39 is 32.5 Å². The largest absolute Gasteiger partial charge is 0.310 e. The van der Waals surface area contributed by atoms with Gasteiger partial charge in [-0.1, -0.05) is 0 Å². The summed E-state index contributed by atoms with van der Waals surface area (Å²) in [5.74, 6) is -1.87. The number of benzene rings is 1. The van der Waals surface area contributed by atoms with Crippen LogP contribution in [0.5, 0.6) is 0 Å². The number of carbonyl (C=O) groups excluding carboxylic acids is 1. The zero-order chi connectivity index (χ0) is 24.6. The number of amides is 1. The van der Waals surface area contributed by atoms with Crippen LogP contribution in [0.25, 0.3) is 5.95 Å². The van der Waals surface area contributed by atoms with Gasteiger partial charge in [0.25, 0.3) is 5.95 Å². The number of carbonyl (C=O) groups is 1. The molecule has 1 aliphatic heterocycles. The van der Waals surface area contributed by atoms with Gasteiger partial charge in [-0.25, -0.2) is 27.2 Å². The molecule has 1 amide bonds. The van der Waals surface area contributed by atoms with Crippen LogP contribution in [0, 0.1) is 38.3 Å². The molecule has 0 bridgehead atoms. The second-order valence-corrected chi connectivity index (χ2v) is 10.2. The fraction of sp³-hybridized carbons (Fsp3) is 0.364. The van der Waals surface area contributed by atoms with Crippen LogP contribution in [-0.2, 0) is 14.8 Å². The van der Waals surface area contributed by atoms with E-state index in [4.69, 9.17) is 0 Å². The van der Waals surface area contributed by atoms with E-state index >= 15 is 0 Å². The van der Waals surface area contributed by atoms with Crippen molar-refractivity contribution in [2.24, 2.45) is 5.92 Å². The molecule has 1 N–H and O–H groups in total. The van der Waals surface area contributed by atoms with Gasteiger partial charge >= 0.3 is 0 Å². The number of anilines is 1. The monoisotopic (exact) mass is 490 g/mol. The Morgan fingerprint density at radius 3 is 2.29 bits per heavy atom. The van der Waals surface area contributed by atoms with Crippen LogP contribution >= 0.6 is 0 Å². The van der Waals surface area contributed by atoms with Gasteiger partial charge in [0.1, 0.15) is 22.3 Å². The molecule has 0 spiro atoms. The molecule has 0 unspecified atom stereocenters. The number of hydrogen-bond donors (Lipinski definition) is 1. The zero-order valence-electron chi connectivity index (χ0n) is 18.9. The molecular formula is C22H24F2N6O3S. The van der Waals surface area contributed by atoms with E-state index in [0.29, 0.717) is 23.5 Å². The number of hydrogen-bond acceptors (Lipinski definition) is 6. The highest BCUT2D eigenvalue weighted by molar-refractivity contribution is 7.89. The van der Waals surface area contributed by atoms with E-state index in [1.807, 2.05) is 19.9 Å². The average molecular weight is 491 g/mol. The van der Waals surface area contributed by atoms with Crippen LogP contribution < -0.4 is 5.32 Å². The van der Waals surface area contributed by atoms with Crippen molar-refractivity contribution in [2.45, 2.75) is 38.5 Å². The van der Waals surface area contributed by atoms with Crippen molar-refractivity contribution in [2.75, 3.05) is 18.4 Å². The van der Waals surface area contributed by atoms with Crippen LogP contribution in [-0.4, -0.2) is 51.5 Å². The molecule has 34 heavy (non-hydrogen) atoms. The number of sulfonamides is 1. The third-order valence-corrected chi connectivity index (χ3v) is 7.49. The van der Waals surface area contributed by atoms with Crippen molar-refractivity contribution in [1.82, 2.24) is 24.1 Å². The maximum atomic E-state index is 14.0. The summed E-state index contributed by atoms with van der Waals surface area (Å²) in [5.41, 5.74) is 2.18. The quantitative estimate of drug-likeness (QED) is 0.589. The molecule has 0 aliphatic carbocycles.